The van der Waals surface area contributed by atoms with Gasteiger partial charge < -0.3 is 25.3 Å². The summed E-state index contributed by atoms with van der Waals surface area (Å²) >= 11 is 0. The van der Waals surface area contributed by atoms with Crippen molar-refractivity contribution in [3.63, 3.8) is 0 Å². The van der Waals surface area contributed by atoms with Gasteiger partial charge in [0.25, 0.3) is 0 Å². The molecule has 3 heterocycles. The minimum atomic E-state index is -0.412. The topological polar surface area (TPSA) is 77.8 Å². The second kappa shape index (κ2) is 10.4. The Morgan fingerprint density at radius 1 is 1.03 bits per heavy atom. The molecule has 2 aromatic carbocycles. The number of aromatic nitrogens is 1. The molecule has 0 bridgehead atoms. The van der Waals surface area contributed by atoms with Crippen LogP contribution in [0.25, 0.3) is 10.9 Å². The first-order valence-corrected chi connectivity index (χ1v) is 12.6. The van der Waals surface area contributed by atoms with Gasteiger partial charge in [-0.05, 0) is 69.0 Å². The number of ether oxygens (including phenoxy) is 1. The zero-order valence-corrected chi connectivity index (χ0v) is 19.8. The molecular formula is C27H35N5O2. The van der Waals surface area contributed by atoms with Crippen LogP contribution in [0.5, 0.6) is 5.75 Å². The van der Waals surface area contributed by atoms with Crippen LogP contribution < -0.4 is 20.3 Å². The SMILES string of the molecule is NC(=O)N(CCCCN1CCCN(c2cccc3c2OCCC3)CC1)c1cc2ccccc2[nH]1. The molecule has 0 unspecified atom stereocenters. The summed E-state index contributed by atoms with van der Waals surface area (Å²) in [6.07, 6.45) is 5.32. The van der Waals surface area contributed by atoms with Crippen molar-refractivity contribution >= 4 is 28.4 Å². The Kier molecular flexibility index (Phi) is 6.90. The predicted molar refractivity (Wildman–Crippen MR) is 138 cm³/mol. The van der Waals surface area contributed by atoms with Crippen LogP contribution >= 0.6 is 0 Å². The van der Waals surface area contributed by atoms with Crippen LogP contribution in [0.15, 0.2) is 48.5 Å². The van der Waals surface area contributed by atoms with Gasteiger partial charge in [0, 0.05) is 37.1 Å². The average molecular weight is 462 g/mol. The maximum atomic E-state index is 12.1. The first-order chi connectivity index (χ1) is 16.7. The number of aromatic amines is 1. The molecule has 0 atom stereocenters. The van der Waals surface area contributed by atoms with Crippen LogP contribution in [-0.2, 0) is 6.42 Å². The van der Waals surface area contributed by atoms with Gasteiger partial charge in [0.15, 0.2) is 0 Å². The number of unbranched alkanes of at least 4 members (excludes halogenated alkanes) is 1. The molecule has 180 valence electrons. The second-order valence-electron chi connectivity index (χ2n) is 9.34. The van der Waals surface area contributed by atoms with E-state index in [4.69, 9.17) is 10.5 Å². The van der Waals surface area contributed by atoms with Gasteiger partial charge in [-0.1, -0.05) is 30.3 Å². The molecule has 1 aromatic heterocycles. The number of H-pyrrole nitrogens is 1. The fourth-order valence-corrected chi connectivity index (χ4v) is 5.21. The lowest BCUT2D eigenvalue weighted by molar-refractivity contribution is 0.253. The second-order valence-corrected chi connectivity index (χ2v) is 9.34. The molecule has 2 aliphatic rings. The molecule has 5 rings (SSSR count). The van der Waals surface area contributed by atoms with Crippen molar-refractivity contribution in [1.82, 2.24) is 9.88 Å². The monoisotopic (exact) mass is 461 g/mol. The Labute approximate surface area is 201 Å². The quantitative estimate of drug-likeness (QED) is 0.512. The molecule has 0 radical (unpaired) electrons. The van der Waals surface area contributed by atoms with Crippen LogP contribution in [0, 0.1) is 0 Å². The first-order valence-electron chi connectivity index (χ1n) is 12.6. The van der Waals surface area contributed by atoms with Crippen molar-refractivity contribution in [2.45, 2.75) is 32.1 Å². The highest BCUT2D eigenvalue weighted by Crippen LogP contribution is 2.36. The molecular weight excluding hydrogens is 426 g/mol. The smallest absolute Gasteiger partial charge is 0.320 e. The number of carbonyl (C=O) groups excluding carboxylic acids is 1. The molecule has 3 aromatic rings. The number of fused-ring (bicyclic) bond motifs is 2. The molecule has 0 spiro atoms. The zero-order chi connectivity index (χ0) is 23.3. The van der Waals surface area contributed by atoms with E-state index in [0.29, 0.717) is 6.54 Å². The Bertz CT molecular complexity index is 1090. The van der Waals surface area contributed by atoms with E-state index in [9.17, 15) is 4.79 Å². The van der Waals surface area contributed by atoms with Gasteiger partial charge in [-0.25, -0.2) is 4.79 Å². The summed E-state index contributed by atoms with van der Waals surface area (Å²) in [6, 6.07) is 16.2. The number of rotatable bonds is 7. The summed E-state index contributed by atoms with van der Waals surface area (Å²) in [7, 11) is 0. The van der Waals surface area contributed by atoms with Gasteiger partial charge in [0.1, 0.15) is 11.6 Å². The number of nitrogens with two attached hydrogens (primary N) is 1. The van der Waals surface area contributed by atoms with E-state index in [-0.39, 0.29) is 0 Å². The van der Waals surface area contributed by atoms with Crippen molar-refractivity contribution in [2.75, 3.05) is 55.7 Å². The van der Waals surface area contributed by atoms with Crippen molar-refractivity contribution in [3.05, 3.63) is 54.1 Å². The minimum Gasteiger partial charge on any atom is -0.491 e. The summed E-state index contributed by atoms with van der Waals surface area (Å²) in [6.45, 7) is 6.71. The number of aryl methyl sites for hydroxylation is 1. The van der Waals surface area contributed by atoms with Gasteiger partial charge in [-0.2, -0.15) is 0 Å². The van der Waals surface area contributed by atoms with Crippen LogP contribution in [0.1, 0.15) is 31.2 Å². The Morgan fingerprint density at radius 2 is 1.94 bits per heavy atom. The van der Waals surface area contributed by atoms with E-state index >= 15 is 0 Å². The first kappa shape index (κ1) is 22.6. The molecule has 1 fully saturated rings. The normalized spacial score (nSPS) is 16.6. The van der Waals surface area contributed by atoms with Gasteiger partial charge >= 0.3 is 6.03 Å². The summed E-state index contributed by atoms with van der Waals surface area (Å²) in [5.74, 6) is 1.87. The molecule has 7 heteroatoms. The fourth-order valence-electron chi connectivity index (χ4n) is 5.21. The molecule has 7 nitrogen and oxygen atoms in total. The third-order valence-corrected chi connectivity index (χ3v) is 7.02. The number of primary amides is 1. The molecule has 0 aliphatic carbocycles. The number of amides is 2. The van der Waals surface area contributed by atoms with E-state index in [2.05, 4.69) is 33.0 Å². The molecule has 34 heavy (non-hydrogen) atoms. The van der Waals surface area contributed by atoms with Crippen LogP contribution in [-0.4, -0.2) is 61.8 Å². The van der Waals surface area contributed by atoms with Gasteiger partial charge in [0.05, 0.1) is 12.3 Å². The molecule has 1 saturated heterocycles. The summed E-state index contributed by atoms with van der Waals surface area (Å²) in [5, 5.41) is 1.09. The lowest BCUT2D eigenvalue weighted by atomic mass is 10.0. The fraction of sp³-hybridized carbons (Fsp3) is 0.444. The Morgan fingerprint density at radius 3 is 2.82 bits per heavy atom. The summed E-state index contributed by atoms with van der Waals surface area (Å²) in [5.41, 5.74) is 9.32. The number of benzene rings is 2. The third kappa shape index (κ3) is 4.99. The Balaban J connectivity index is 1.12. The number of hydrogen-bond acceptors (Lipinski definition) is 4. The minimum absolute atomic E-state index is 0.412. The largest absolute Gasteiger partial charge is 0.491 e. The lowest BCUT2D eigenvalue weighted by Gasteiger charge is -2.28. The maximum absolute atomic E-state index is 12.1. The van der Waals surface area contributed by atoms with E-state index in [1.807, 2.05) is 30.3 Å². The number of nitrogens with zero attached hydrogens (tertiary/aromatic N) is 3. The van der Waals surface area contributed by atoms with Gasteiger partial charge in [0.2, 0.25) is 0 Å². The van der Waals surface area contributed by atoms with Crippen molar-refractivity contribution in [1.29, 1.82) is 0 Å². The molecule has 2 aliphatic heterocycles. The molecule has 0 saturated carbocycles. The number of anilines is 2. The van der Waals surface area contributed by atoms with Crippen molar-refractivity contribution in [2.24, 2.45) is 5.73 Å². The van der Waals surface area contributed by atoms with E-state index in [0.717, 1.165) is 93.9 Å². The molecule has 3 N–H and O–H groups in total. The summed E-state index contributed by atoms with van der Waals surface area (Å²) < 4.78 is 6.05. The standard InChI is InChI=1S/C27H35N5O2/c28-27(33)32(25-20-22-8-1-2-11-23(22)29-25)16-4-3-13-30-14-7-15-31(18-17-30)24-12-5-9-21-10-6-19-34-26(21)24/h1-2,5,8-9,11-12,20,29H,3-4,6-7,10,13-19H2,(H2,28,33). The number of carbonyl (C=O) groups is 1. The lowest BCUT2D eigenvalue weighted by Crippen LogP contribution is -2.37. The van der Waals surface area contributed by atoms with Crippen LogP contribution in [0.3, 0.4) is 0 Å². The highest BCUT2D eigenvalue weighted by atomic mass is 16.5. The zero-order valence-electron chi connectivity index (χ0n) is 19.8. The van der Waals surface area contributed by atoms with Crippen LogP contribution in [0.2, 0.25) is 0 Å². The van der Waals surface area contributed by atoms with E-state index in [1.54, 1.807) is 4.90 Å². The number of urea groups is 1. The number of nitrogens with one attached hydrogen (secondary N) is 1. The van der Waals surface area contributed by atoms with Gasteiger partial charge in [-0.15, -0.1) is 0 Å². The van der Waals surface area contributed by atoms with Crippen molar-refractivity contribution < 1.29 is 9.53 Å². The number of hydrogen-bond donors (Lipinski definition) is 2. The predicted octanol–water partition coefficient (Wildman–Crippen LogP) is 4.37. The average Bonchev–Trinajstić information content (AvgIpc) is 3.14. The highest BCUT2D eigenvalue weighted by Gasteiger charge is 2.21. The van der Waals surface area contributed by atoms with E-state index < -0.39 is 6.03 Å². The number of para-hydroxylation sites is 2. The highest BCUT2D eigenvalue weighted by molar-refractivity contribution is 5.94. The maximum Gasteiger partial charge on any atom is 0.320 e. The Hall–Kier alpha value is -3.19. The van der Waals surface area contributed by atoms with Crippen molar-refractivity contribution in [3.8, 4) is 5.75 Å². The van der Waals surface area contributed by atoms with E-state index in [1.165, 1.54) is 11.3 Å². The van der Waals surface area contributed by atoms with Crippen LogP contribution in [0.4, 0.5) is 16.3 Å². The van der Waals surface area contributed by atoms with Gasteiger partial charge in [-0.3, -0.25) is 4.90 Å². The molecule has 2 amide bonds. The third-order valence-electron chi connectivity index (χ3n) is 7.02. The summed E-state index contributed by atoms with van der Waals surface area (Å²) in [4.78, 5) is 22.1.